The predicted molar refractivity (Wildman–Crippen MR) is 47.4 cm³/mol. The van der Waals surface area contributed by atoms with E-state index in [9.17, 15) is 5.11 Å². The maximum absolute atomic E-state index is 9.40. The zero-order chi connectivity index (χ0) is 10.1. The number of hydrogen-bond donors (Lipinski definition) is 1. The van der Waals surface area contributed by atoms with Gasteiger partial charge in [-0.15, -0.1) is 0 Å². The summed E-state index contributed by atoms with van der Waals surface area (Å²) in [4.78, 5) is 0. The van der Waals surface area contributed by atoms with Gasteiger partial charge < -0.3 is 19.3 Å². The molecule has 13 heavy (non-hydrogen) atoms. The molecule has 0 saturated carbocycles. The quantitative estimate of drug-likeness (QED) is 0.690. The number of rotatable bonds is 2. The van der Waals surface area contributed by atoms with Crippen molar-refractivity contribution in [3.8, 4) is 0 Å². The van der Waals surface area contributed by atoms with Gasteiger partial charge in [-0.25, -0.2) is 0 Å². The molecule has 1 aliphatic heterocycles. The third kappa shape index (κ3) is 2.02. The highest BCUT2D eigenvalue weighted by Crippen LogP contribution is 2.32. The Hall–Kier alpha value is -0.160. The van der Waals surface area contributed by atoms with Crippen LogP contribution in [0.2, 0.25) is 0 Å². The van der Waals surface area contributed by atoms with Crippen LogP contribution in [-0.2, 0) is 14.2 Å². The minimum absolute atomic E-state index is 0.138. The minimum Gasteiger partial charge on any atom is -0.376 e. The van der Waals surface area contributed by atoms with Crippen LogP contribution in [0.5, 0.6) is 0 Å². The lowest BCUT2D eigenvalue weighted by molar-refractivity contribution is -0.269. The molecule has 4 heteroatoms. The Kier molecular flexibility index (Phi) is 3.29. The molecule has 1 heterocycles. The van der Waals surface area contributed by atoms with Gasteiger partial charge in [-0.3, -0.25) is 0 Å². The number of hydrogen-bond acceptors (Lipinski definition) is 4. The van der Waals surface area contributed by atoms with E-state index < -0.39 is 11.9 Å². The van der Waals surface area contributed by atoms with Gasteiger partial charge in [0.2, 0.25) is 0 Å². The van der Waals surface area contributed by atoms with E-state index in [0.717, 1.165) is 0 Å². The summed E-state index contributed by atoms with van der Waals surface area (Å²) >= 11 is 0. The summed E-state index contributed by atoms with van der Waals surface area (Å²) in [6, 6.07) is 0. The molecular weight excluding hydrogens is 172 g/mol. The van der Waals surface area contributed by atoms with E-state index >= 15 is 0 Å². The van der Waals surface area contributed by atoms with Crippen LogP contribution in [0.15, 0.2) is 0 Å². The van der Waals surface area contributed by atoms with E-state index in [-0.39, 0.29) is 12.2 Å². The highest BCUT2D eigenvalue weighted by atomic mass is 16.6. The van der Waals surface area contributed by atoms with E-state index in [2.05, 4.69) is 0 Å². The Morgan fingerprint density at radius 1 is 1.46 bits per heavy atom. The summed E-state index contributed by atoms with van der Waals surface area (Å²) in [7, 11) is 3.25. The molecular formula is C9H18O4. The third-order valence-electron chi connectivity index (χ3n) is 2.70. The number of aliphatic hydroxyl groups excluding tert-OH is 1. The number of methoxy groups -OCH3 is 2. The highest BCUT2D eigenvalue weighted by molar-refractivity contribution is 4.93. The summed E-state index contributed by atoms with van der Waals surface area (Å²) in [6.07, 6.45) is -0.613. The molecule has 1 N–H and O–H groups in total. The van der Waals surface area contributed by atoms with Crippen LogP contribution < -0.4 is 0 Å². The average molecular weight is 190 g/mol. The second-order valence-corrected chi connectivity index (χ2v) is 3.67. The fourth-order valence-electron chi connectivity index (χ4n) is 1.97. The molecule has 4 nitrogen and oxygen atoms in total. The molecule has 4 atom stereocenters. The summed E-state index contributed by atoms with van der Waals surface area (Å²) in [5.74, 6) is 0. The number of aliphatic hydroxyl groups is 1. The maximum atomic E-state index is 9.40. The standard InChI is InChI=1S/C9H18O4/c1-6-8(11-3)9(2,12-4)5-7(10)13-6/h6-8,10H,5H2,1-4H3/t6-,7+,8-,9+/m0/s1. The molecule has 0 aromatic rings. The lowest BCUT2D eigenvalue weighted by Crippen LogP contribution is -2.56. The Morgan fingerprint density at radius 3 is 2.54 bits per heavy atom. The van der Waals surface area contributed by atoms with Gasteiger partial charge in [-0.2, -0.15) is 0 Å². The first-order chi connectivity index (χ1) is 6.03. The van der Waals surface area contributed by atoms with Crippen molar-refractivity contribution < 1.29 is 19.3 Å². The molecule has 0 aliphatic carbocycles. The second-order valence-electron chi connectivity index (χ2n) is 3.67. The van der Waals surface area contributed by atoms with Gasteiger partial charge in [-0.1, -0.05) is 0 Å². The molecule has 0 unspecified atom stereocenters. The van der Waals surface area contributed by atoms with E-state index in [1.807, 2.05) is 13.8 Å². The van der Waals surface area contributed by atoms with Crippen LogP contribution in [0.25, 0.3) is 0 Å². The van der Waals surface area contributed by atoms with Crippen molar-refractivity contribution in [2.75, 3.05) is 14.2 Å². The monoisotopic (exact) mass is 190 g/mol. The fraction of sp³-hybridized carbons (Fsp3) is 1.00. The van der Waals surface area contributed by atoms with Crippen molar-refractivity contribution in [3.63, 3.8) is 0 Å². The largest absolute Gasteiger partial charge is 0.376 e. The Morgan fingerprint density at radius 2 is 2.08 bits per heavy atom. The van der Waals surface area contributed by atoms with Crippen LogP contribution >= 0.6 is 0 Å². The van der Waals surface area contributed by atoms with Crippen molar-refractivity contribution in [2.24, 2.45) is 0 Å². The predicted octanol–water partition coefficient (Wildman–Crippen LogP) is 0.534. The van der Waals surface area contributed by atoms with Crippen LogP contribution in [0.1, 0.15) is 20.3 Å². The molecule has 0 aromatic heterocycles. The molecule has 1 fully saturated rings. The van der Waals surface area contributed by atoms with Gasteiger partial charge in [0.25, 0.3) is 0 Å². The van der Waals surface area contributed by atoms with Crippen molar-refractivity contribution in [2.45, 2.75) is 44.4 Å². The molecule has 1 rings (SSSR count). The molecule has 0 radical (unpaired) electrons. The van der Waals surface area contributed by atoms with Crippen molar-refractivity contribution in [1.82, 2.24) is 0 Å². The lowest BCUT2D eigenvalue weighted by atomic mass is 9.88. The molecule has 0 aromatic carbocycles. The third-order valence-corrected chi connectivity index (χ3v) is 2.70. The van der Waals surface area contributed by atoms with Gasteiger partial charge in [0, 0.05) is 20.6 Å². The summed E-state index contributed by atoms with van der Waals surface area (Å²) in [5.41, 5.74) is -0.466. The second kappa shape index (κ2) is 3.92. The molecule has 1 saturated heterocycles. The topological polar surface area (TPSA) is 47.9 Å². The molecule has 0 amide bonds. The first-order valence-electron chi connectivity index (χ1n) is 4.45. The number of ether oxygens (including phenoxy) is 3. The van der Waals surface area contributed by atoms with Crippen LogP contribution in [0, 0.1) is 0 Å². The smallest absolute Gasteiger partial charge is 0.157 e. The zero-order valence-electron chi connectivity index (χ0n) is 8.61. The Balaban J connectivity index is 2.77. The average Bonchev–Trinajstić information content (AvgIpc) is 2.03. The fourth-order valence-corrected chi connectivity index (χ4v) is 1.97. The van der Waals surface area contributed by atoms with Gasteiger partial charge in [0.1, 0.15) is 6.10 Å². The van der Waals surface area contributed by atoms with E-state index in [1.165, 1.54) is 0 Å². The van der Waals surface area contributed by atoms with Crippen molar-refractivity contribution in [1.29, 1.82) is 0 Å². The summed E-state index contributed by atoms with van der Waals surface area (Å²) in [5, 5.41) is 9.40. The maximum Gasteiger partial charge on any atom is 0.157 e. The van der Waals surface area contributed by atoms with Gasteiger partial charge in [0.05, 0.1) is 11.7 Å². The normalized spacial score (nSPS) is 46.4. The van der Waals surface area contributed by atoms with E-state index in [4.69, 9.17) is 14.2 Å². The van der Waals surface area contributed by atoms with E-state index in [1.54, 1.807) is 14.2 Å². The highest BCUT2D eigenvalue weighted by Gasteiger charge is 2.45. The van der Waals surface area contributed by atoms with Crippen molar-refractivity contribution in [3.05, 3.63) is 0 Å². The van der Waals surface area contributed by atoms with Gasteiger partial charge in [-0.05, 0) is 13.8 Å². The lowest BCUT2D eigenvalue weighted by Gasteiger charge is -2.44. The molecule has 1 aliphatic rings. The first kappa shape index (κ1) is 10.9. The summed E-state index contributed by atoms with van der Waals surface area (Å²) in [6.45, 7) is 3.79. The van der Waals surface area contributed by atoms with Crippen molar-refractivity contribution >= 4 is 0 Å². The molecule has 78 valence electrons. The van der Waals surface area contributed by atoms with Gasteiger partial charge in [0.15, 0.2) is 6.29 Å². The summed E-state index contributed by atoms with van der Waals surface area (Å²) < 4.78 is 15.9. The van der Waals surface area contributed by atoms with Crippen LogP contribution in [-0.4, -0.2) is 43.4 Å². The molecule has 0 spiro atoms. The Bertz CT molecular complexity index is 173. The SMILES string of the molecule is CO[C@H]1[C@H](C)O[C@@H](O)C[C@@]1(C)OC. The van der Waals surface area contributed by atoms with Crippen LogP contribution in [0.3, 0.4) is 0 Å². The zero-order valence-corrected chi connectivity index (χ0v) is 8.61. The van der Waals surface area contributed by atoms with Gasteiger partial charge >= 0.3 is 0 Å². The first-order valence-corrected chi connectivity index (χ1v) is 4.45. The van der Waals surface area contributed by atoms with E-state index in [0.29, 0.717) is 6.42 Å². The Labute approximate surface area is 78.8 Å². The van der Waals surface area contributed by atoms with Crippen LogP contribution in [0.4, 0.5) is 0 Å². The minimum atomic E-state index is -0.758. The molecule has 0 bridgehead atoms.